The van der Waals surface area contributed by atoms with Crippen molar-refractivity contribution < 1.29 is 9.90 Å². The monoisotopic (exact) mass is 245 g/mol. The Labute approximate surface area is 107 Å². The summed E-state index contributed by atoms with van der Waals surface area (Å²) in [5, 5.41) is 10.4. The Hall–Kier alpha value is -1.77. The minimum atomic E-state index is -0.849. The second-order valence-electron chi connectivity index (χ2n) is 4.98. The van der Waals surface area contributed by atoms with Crippen LogP contribution < -0.4 is 0 Å². The molecule has 1 aromatic heterocycles. The fourth-order valence-corrected chi connectivity index (χ4v) is 2.30. The van der Waals surface area contributed by atoms with Crippen LogP contribution in [0.1, 0.15) is 49.0 Å². The summed E-state index contributed by atoms with van der Waals surface area (Å²) < 4.78 is 2.03. The van der Waals surface area contributed by atoms with Gasteiger partial charge in [0.05, 0.1) is 11.1 Å². The van der Waals surface area contributed by atoms with E-state index in [2.05, 4.69) is 26.8 Å². The van der Waals surface area contributed by atoms with E-state index in [4.69, 9.17) is 0 Å². The van der Waals surface area contributed by atoms with Crippen molar-refractivity contribution in [1.29, 1.82) is 0 Å². The van der Waals surface area contributed by atoms with Crippen LogP contribution in [0.5, 0.6) is 0 Å². The summed E-state index contributed by atoms with van der Waals surface area (Å²) in [5.74, 6) is -0.513. The lowest BCUT2D eigenvalue weighted by Gasteiger charge is -2.10. The van der Waals surface area contributed by atoms with Gasteiger partial charge >= 0.3 is 5.97 Å². The van der Waals surface area contributed by atoms with Gasteiger partial charge in [0.1, 0.15) is 0 Å². The maximum absolute atomic E-state index is 11.4. The largest absolute Gasteiger partial charge is 0.478 e. The number of aryl methyl sites for hydroxylation is 1. The van der Waals surface area contributed by atoms with Gasteiger partial charge in [0.15, 0.2) is 0 Å². The molecule has 96 valence electrons. The lowest BCUT2D eigenvalue weighted by atomic mass is 9.98. The third-order valence-corrected chi connectivity index (χ3v) is 3.24. The summed E-state index contributed by atoms with van der Waals surface area (Å²) in [6.45, 7) is 7.10. The number of benzene rings is 1. The second-order valence-corrected chi connectivity index (χ2v) is 4.98. The molecule has 2 rings (SSSR count). The molecule has 3 heteroatoms. The summed E-state index contributed by atoms with van der Waals surface area (Å²) in [4.78, 5) is 11.4. The van der Waals surface area contributed by atoms with Crippen LogP contribution in [0.4, 0.5) is 0 Å². The molecule has 0 radical (unpaired) electrons. The van der Waals surface area contributed by atoms with E-state index >= 15 is 0 Å². The first-order valence-corrected chi connectivity index (χ1v) is 6.40. The molecule has 0 aliphatic rings. The average molecular weight is 245 g/mol. The highest BCUT2D eigenvalue weighted by Crippen LogP contribution is 2.26. The van der Waals surface area contributed by atoms with Crippen LogP contribution in [-0.2, 0) is 6.54 Å². The van der Waals surface area contributed by atoms with E-state index < -0.39 is 5.97 Å². The zero-order valence-electron chi connectivity index (χ0n) is 11.1. The first-order valence-electron chi connectivity index (χ1n) is 6.40. The number of carboxylic acid groups (broad SMARTS) is 1. The van der Waals surface area contributed by atoms with Crippen molar-refractivity contribution in [1.82, 2.24) is 4.57 Å². The molecule has 0 atom stereocenters. The predicted molar refractivity (Wildman–Crippen MR) is 73.3 cm³/mol. The van der Waals surface area contributed by atoms with Crippen LogP contribution in [0.3, 0.4) is 0 Å². The molecule has 0 aliphatic heterocycles. The Kier molecular flexibility index (Phi) is 3.41. The predicted octanol–water partition coefficient (Wildman–Crippen LogP) is 3.87. The zero-order valence-corrected chi connectivity index (χ0v) is 11.1. The quantitative estimate of drug-likeness (QED) is 0.888. The summed E-state index contributed by atoms with van der Waals surface area (Å²) in [7, 11) is 0. The fraction of sp³-hybridized carbons (Fsp3) is 0.400. The number of nitrogens with zero attached hydrogens (tertiary/aromatic N) is 1. The van der Waals surface area contributed by atoms with Crippen molar-refractivity contribution in [2.24, 2.45) is 0 Å². The molecule has 1 heterocycles. The molecular weight excluding hydrogens is 226 g/mol. The van der Waals surface area contributed by atoms with E-state index in [0.717, 1.165) is 29.4 Å². The van der Waals surface area contributed by atoms with Gasteiger partial charge in [0, 0.05) is 18.1 Å². The van der Waals surface area contributed by atoms with E-state index in [1.807, 2.05) is 22.9 Å². The minimum Gasteiger partial charge on any atom is -0.478 e. The van der Waals surface area contributed by atoms with Gasteiger partial charge in [0.25, 0.3) is 0 Å². The van der Waals surface area contributed by atoms with E-state index in [9.17, 15) is 9.90 Å². The van der Waals surface area contributed by atoms with E-state index in [-0.39, 0.29) is 0 Å². The summed E-state index contributed by atoms with van der Waals surface area (Å²) in [6, 6.07) is 5.91. The molecule has 0 spiro atoms. The molecular formula is C15H19NO2. The van der Waals surface area contributed by atoms with Gasteiger partial charge in [-0.05, 0) is 36.1 Å². The molecule has 0 aliphatic carbocycles. The second kappa shape index (κ2) is 4.84. The molecule has 0 saturated heterocycles. The maximum Gasteiger partial charge on any atom is 0.337 e. The molecule has 18 heavy (non-hydrogen) atoms. The van der Waals surface area contributed by atoms with Crippen molar-refractivity contribution >= 4 is 16.9 Å². The minimum absolute atomic E-state index is 0.335. The summed E-state index contributed by atoms with van der Waals surface area (Å²) >= 11 is 0. The standard InChI is InChI=1S/C15H19NO2/c1-4-6-16-7-5-11-8-12(10(2)3)9-13(14(11)16)15(17)18/h5,7-10H,4,6H2,1-3H3,(H,17,18). The maximum atomic E-state index is 11.4. The van der Waals surface area contributed by atoms with Gasteiger partial charge in [-0.25, -0.2) is 4.79 Å². The summed E-state index contributed by atoms with van der Waals surface area (Å²) in [5.41, 5.74) is 2.33. The van der Waals surface area contributed by atoms with E-state index in [0.29, 0.717) is 11.5 Å². The summed E-state index contributed by atoms with van der Waals surface area (Å²) in [6.07, 6.45) is 2.97. The van der Waals surface area contributed by atoms with Crippen LogP contribution in [0.25, 0.3) is 10.9 Å². The lowest BCUT2D eigenvalue weighted by Crippen LogP contribution is -2.04. The molecule has 1 aromatic carbocycles. The number of carboxylic acids is 1. The number of rotatable bonds is 4. The number of hydrogen-bond donors (Lipinski definition) is 1. The van der Waals surface area contributed by atoms with Crippen molar-refractivity contribution in [3.8, 4) is 0 Å². The third kappa shape index (κ3) is 2.13. The Bertz CT molecular complexity index is 581. The Balaban J connectivity index is 2.71. The Morgan fingerprint density at radius 3 is 2.67 bits per heavy atom. The highest BCUT2D eigenvalue weighted by molar-refractivity contribution is 6.02. The zero-order chi connectivity index (χ0) is 13.3. The lowest BCUT2D eigenvalue weighted by molar-refractivity contribution is 0.0698. The van der Waals surface area contributed by atoms with Gasteiger partial charge in [0.2, 0.25) is 0 Å². The van der Waals surface area contributed by atoms with Crippen LogP contribution in [0.15, 0.2) is 24.4 Å². The van der Waals surface area contributed by atoms with Crippen LogP contribution >= 0.6 is 0 Å². The van der Waals surface area contributed by atoms with Crippen LogP contribution in [0.2, 0.25) is 0 Å². The van der Waals surface area contributed by atoms with Gasteiger partial charge in [-0.2, -0.15) is 0 Å². The molecule has 2 aromatic rings. The molecule has 0 saturated carbocycles. The number of aromatic nitrogens is 1. The number of aromatic carboxylic acids is 1. The SMILES string of the molecule is CCCn1ccc2cc(C(C)C)cc(C(=O)O)c21. The molecule has 3 nitrogen and oxygen atoms in total. The highest BCUT2D eigenvalue weighted by Gasteiger charge is 2.15. The normalized spacial score (nSPS) is 11.3. The van der Waals surface area contributed by atoms with Crippen molar-refractivity contribution in [2.75, 3.05) is 0 Å². The average Bonchev–Trinajstić information content (AvgIpc) is 2.71. The van der Waals surface area contributed by atoms with Gasteiger partial charge in [-0.15, -0.1) is 0 Å². The molecule has 0 fully saturated rings. The number of hydrogen-bond acceptors (Lipinski definition) is 1. The number of carbonyl (C=O) groups is 1. The van der Waals surface area contributed by atoms with Crippen LogP contribution in [0, 0.1) is 0 Å². The van der Waals surface area contributed by atoms with Gasteiger partial charge in [-0.3, -0.25) is 0 Å². The Morgan fingerprint density at radius 1 is 1.39 bits per heavy atom. The van der Waals surface area contributed by atoms with Crippen molar-refractivity contribution in [2.45, 2.75) is 39.7 Å². The van der Waals surface area contributed by atoms with Crippen molar-refractivity contribution in [3.63, 3.8) is 0 Å². The van der Waals surface area contributed by atoms with Gasteiger partial charge < -0.3 is 9.67 Å². The van der Waals surface area contributed by atoms with Gasteiger partial charge in [-0.1, -0.05) is 20.8 Å². The first kappa shape index (κ1) is 12.7. The smallest absolute Gasteiger partial charge is 0.337 e. The third-order valence-electron chi connectivity index (χ3n) is 3.24. The molecule has 1 N–H and O–H groups in total. The van der Waals surface area contributed by atoms with E-state index in [1.165, 1.54) is 0 Å². The van der Waals surface area contributed by atoms with Crippen molar-refractivity contribution in [3.05, 3.63) is 35.5 Å². The Morgan fingerprint density at radius 2 is 2.11 bits per heavy atom. The van der Waals surface area contributed by atoms with Crippen LogP contribution in [-0.4, -0.2) is 15.6 Å². The highest BCUT2D eigenvalue weighted by atomic mass is 16.4. The number of fused-ring (bicyclic) bond motifs is 1. The van der Waals surface area contributed by atoms with E-state index in [1.54, 1.807) is 0 Å². The topological polar surface area (TPSA) is 42.2 Å². The fourth-order valence-electron chi connectivity index (χ4n) is 2.30. The first-order chi connectivity index (χ1) is 8.54. The molecule has 0 amide bonds. The molecule has 0 unspecified atom stereocenters. The molecule has 0 bridgehead atoms.